The highest BCUT2D eigenvalue weighted by atomic mass is 19.1. The highest BCUT2D eigenvalue weighted by molar-refractivity contribution is 6.06. The number of hydrogen-bond acceptors (Lipinski definition) is 3. The van der Waals surface area contributed by atoms with Crippen LogP contribution in [0.1, 0.15) is 35.1 Å². The second kappa shape index (κ2) is 5.73. The topological polar surface area (TPSA) is 83.8 Å². The summed E-state index contributed by atoms with van der Waals surface area (Å²) < 4.78 is 13.0. The molecule has 1 aromatic heterocycles. The van der Waals surface area contributed by atoms with Gasteiger partial charge in [0.25, 0.3) is 5.91 Å². The first kappa shape index (κ1) is 14.0. The van der Waals surface area contributed by atoms with Crippen LogP contribution in [0.3, 0.4) is 0 Å². The lowest BCUT2D eigenvalue weighted by atomic mass is 10.1. The van der Waals surface area contributed by atoms with Crippen molar-refractivity contribution < 1.29 is 9.18 Å². The summed E-state index contributed by atoms with van der Waals surface area (Å²) in [7, 11) is 0. The molecule has 1 amide bonds. The van der Waals surface area contributed by atoms with Gasteiger partial charge in [0.1, 0.15) is 5.82 Å². The van der Waals surface area contributed by atoms with Crippen molar-refractivity contribution in [3.63, 3.8) is 0 Å². The second-order valence-electron chi connectivity index (χ2n) is 4.63. The molecule has 20 heavy (non-hydrogen) atoms. The molecular weight excluding hydrogens is 259 g/mol. The molecule has 2 rings (SSSR count). The number of H-pyrrole nitrogens is 1. The molecule has 5 nitrogen and oxygen atoms in total. The van der Waals surface area contributed by atoms with Crippen molar-refractivity contribution in [1.82, 2.24) is 10.2 Å². The Labute approximate surface area is 116 Å². The Bertz CT molecular complexity index is 636. The third-order valence-corrected chi connectivity index (χ3v) is 3.03. The molecule has 0 atom stereocenters. The van der Waals surface area contributed by atoms with E-state index in [0.29, 0.717) is 16.9 Å². The summed E-state index contributed by atoms with van der Waals surface area (Å²) in [6, 6.07) is 4.16. The molecule has 0 saturated heterocycles. The van der Waals surface area contributed by atoms with Crippen LogP contribution in [0.4, 0.5) is 15.8 Å². The van der Waals surface area contributed by atoms with Crippen molar-refractivity contribution in [1.29, 1.82) is 0 Å². The molecule has 0 fully saturated rings. The Hall–Kier alpha value is -2.37. The van der Waals surface area contributed by atoms with Crippen LogP contribution in [0.25, 0.3) is 0 Å². The van der Waals surface area contributed by atoms with E-state index in [4.69, 9.17) is 5.73 Å². The van der Waals surface area contributed by atoms with E-state index in [9.17, 15) is 9.18 Å². The number of nitrogens with zero attached hydrogens (tertiary/aromatic N) is 1. The minimum absolute atomic E-state index is 0.164. The third kappa shape index (κ3) is 2.79. The molecule has 1 aromatic carbocycles. The fourth-order valence-electron chi connectivity index (χ4n) is 1.95. The molecule has 106 valence electrons. The number of aromatic nitrogens is 2. The summed E-state index contributed by atoms with van der Waals surface area (Å²) in [6.45, 7) is 3.73. The SMILES string of the molecule is CCCc1[nH]nc(C(=O)Nc2ccc(F)cc2C)c1N. The fraction of sp³-hybridized carbons (Fsp3) is 0.286. The number of carbonyl (C=O) groups excluding carboxylic acids is 1. The fourth-order valence-corrected chi connectivity index (χ4v) is 1.95. The normalized spacial score (nSPS) is 10.6. The summed E-state index contributed by atoms with van der Waals surface area (Å²) >= 11 is 0. The zero-order valence-electron chi connectivity index (χ0n) is 11.5. The van der Waals surface area contributed by atoms with Crippen LogP contribution in [-0.4, -0.2) is 16.1 Å². The van der Waals surface area contributed by atoms with Gasteiger partial charge >= 0.3 is 0 Å². The number of rotatable bonds is 4. The first-order valence-electron chi connectivity index (χ1n) is 6.43. The number of nitrogen functional groups attached to an aromatic ring is 1. The quantitative estimate of drug-likeness (QED) is 0.802. The van der Waals surface area contributed by atoms with Gasteiger partial charge in [0.05, 0.1) is 11.4 Å². The van der Waals surface area contributed by atoms with Gasteiger partial charge in [0.2, 0.25) is 0 Å². The summed E-state index contributed by atoms with van der Waals surface area (Å²) in [5.74, 6) is -0.749. The number of aromatic amines is 1. The van der Waals surface area contributed by atoms with Crippen LogP contribution >= 0.6 is 0 Å². The molecule has 4 N–H and O–H groups in total. The van der Waals surface area contributed by atoms with Crippen LogP contribution < -0.4 is 11.1 Å². The summed E-state index contributed by atoms with van der Waals surface area (Å²) in [5.41, 5.74) is 8.36. The predicted octanol–water partition coefficient (Wildman–Crippen LogP) is 2.64. The van der Waals surface area contributed by atoms with Crippen LogP contribution in [0.15, 0.2) is 18.2 Å². The van der Waals surface area contributed by atoms with Gasteiger partial charge in [-0.3, -0.25) is 9.89 Å². The minimum Gasteiger partial charge on any atom is -0.395 e. The zero-order chi connectivity index (χ0) is 14.7. The van der Waals surface area contributed by atoms with Gasteiger partial charge in [0.15, 0.2) is 5.69 Å². The molecule has 0 aliphatic heterocycles. The molecule has 0 aliphatic carbocycles. The van der Waals surface area contributed by atoms with E-state index in [2.05, 4.69) is 15.5 Å². The average molecular weight is 276 g/mol. The van der Waals surface area contributed by atoms with Gasteiger partial charge in [-0.1, -0.05) is 13.3 Å². The Kier molecular flexibility index (Phi) is 4.02. The monoisotopic (exact) mass is 276 g/mol. The van der Waals surface area contributed by atoms with Crippen LogP contribution in [-0.2, 0) is 6.42 Å². The summed E-state index contributed by atoms with van der Waals surface area (Å²) in [5, 5.41) is 9.39. The molecule has 0 bridgehead atoms. The molecule has 0 radical (unpaired) electrons. The van der Waals surface area contributed by atoms with Crippen molar-refractivity contribution >= 4 is 17.3 Å². The van der Waals surface area contributed by atoms with Crippen molar-refractivity contribution in [3.8, 4) is 0 Å². The second-order valence-corrected chi connectivity index (χ2v) is 4.63. The first-order chi connectivity index (χ1) is 9.52. The van der Waals surface area contributed by atoms with Crippen LogP contribution in [0, 0.1) is 12.7 Å². The molecule has 6 heteroatoms. The molecule has 0 aliphatic rings. The lowest BCUT2D eigenvalue weighted by molar-refractivity contribution is 0.102. The Morgan fingerprint density at radius 2 is 2.25 bits per heavy atom. The molecule has 2 aromatic rings. The van der Waals surface area contributed by atoms with E-state index < -0.39 is 5.91 Å². The molecule has 1 heterocycles. The number of anilines is 2. The van der Waals surface area contributed by atoms with E-state index >= 15 is 0 Å². The minimum atomic E-state index is -0.407. The van der Waals surface area contributed by atoms with E-state index in [-0.39, 0.29) is 11.5 Å². The zero-order valence-corrected chi connectivity index (χ0v) is 11.5. The molecule has 0 unspecified atom stereocenters. The van der Waals surface area contributed by atoms with Gasteiger partial charge < -0.3 is 11.1 Å². The Morgan fingerprint density at radius 1 is 1.50 bits per heavy atom. The third-order valence-electron chi connectivity index (χ3n) is 3.03. The van der Waals surface area contributed by atoms with Gasteiger partial charge in [-0.15, -0.1) is 0 Å². The Morgan fingerprint density at radius 3 is 2.90 bits per heavy atom. The predicted molar refractivity (Wildman–Crippen MR) is 76.1 cm³/mol. The van der Waals surface area contributed by atoms with Gasteiger partial charge in [0, 0.05) is 5.69 Å². The standard InChI is InChI=1S/C14H17FN4O/c1-3-4-11-12(16)13(19-18-11)14(20)17-10-6-5-9(15)7-8(10)2/h5-7H,3-4,16H2,1-2H3,(H,17,20)(H,18,19). The van der Waals surface area contributed by atoms with Crippen molar-refractivity contribution in [2.75, 3.05) is 11.1 Å². The highest BCUT2D eigenvalue weighted by Crippen LogP contribution is 2.20. The smallest absolute Gasteiger partial charge is 0.278 e. The lowest BCUT2D eigenvalue weighted by Crippen LogP contribution is -2.15. The largest absolute Gasteiger partial charge is 0.395 e. The number of hydrogen-bond donors (Lipinski definition) is 3. The Balaban J connectivity index is 2.20. The molecule has 0 saturated carbocycles. The van der Waals surface area contributed by atoms with Crippen molar-refractivity contribution in [2.24, 2.45) is 0 Å². The number of carbonyl (C=O) groups is 1. The number of aryl methyl sites for hydroxylation is 2. The number of amides is 1. The van der Waals surface area contributed by atoms with E-state index in [1.54, 1.807) is 6.92 Å². The number of nitrogens with two attached hydrogens (primary N) is 1. The number of benzene rings is 1. The molecule has 0 spiro atoms. The van der Waals surface area contributed by atoms with Gasteiger partial charge in [-0.05, 0) is 37.1 Å². The van der Waals surface area contributed by atoms with Crippen molar-refractivity contribution in [2.45, 2.75) is 26.7 Å². The van der Waals surface area contributed by atoms with Gasteiger partial charge in [-0.2, -0.15) is 5.10 Å². The first-order valence-corrected chi connectivity index (χ1v) is 6.43. The lowest BCUT2D eigenvalue weighted by Gasteiger charge is -2.07. The van der Waals surface area contributed by atoms with E-state index in [1.807, 2.05) is 6.92 Å². The van der Waals surface area contributed by atoms with Crippen LogP contribution in [0.2, 0.25) is 0 Å². The maximum Gasteiger partial charge on any atom is 0.278 e. The van der Waals surface area contributed by atoms with Crippen molar-refractivity contribution in [3.05, 3.63) is 41.0 Å². The van der Waals surface area contributed by atoms with Gasteiger partial charge in [-0.25, -0.2) is 4.39 Å². The highest BCUT2D eigenvalue weighted by Gasteiger charge is 2.17. The van der Waals surface area contributed by atoms with E-state index in [1.165, 1.54) is 18.2 Å². The number of nitrogens with one attached hydrogen (secondary N) is 2. The number of halogens is 1. The summed E-state index contributed by atoms with van der Waals surface area (Å²) in [6.07, 6.45) is 1.65. The maximum atomic E-state index is 13.0. The molecular formula is C14H17FN4O. The van der Waals surface area contributed by atoms with E-state index in [0.717, 1.165) is 18.5 Å². The van der Waals surface area contributed by atoms with Crippen LogP contribution in [0.5, 0.6) is 0 Å². The average Bonchev–Trinajstić information content (AvgIpc) is 2.75. The maximum absolute atomic E-state index is 13.0. The summed E-state index contributed by atoms with van der Waals surface area (Å²) in [4.78, 5) is 12.1.